The van der Waals surface area contributed by atoms with Gasteiger partial charge in [0.15, 0.2) is 0 Å². The second-order valence-electron chi connectivity index (χ2n) is 3.62. The number of nitrogens with zero attached hydrogens (tertiary/aromatic N) is 2. The summed E-state index contributed by atoms with van der Waals surface area (Å²) in [5.74, 6) is 0.910. The zero-order valence-corrected chi connectivity index (χ0v) is 9.50. The lowest BCUT2D eigenvalue weighted by molar-refractivity contribution is 0.282. The summed E-state index contributed by atoms with van der Waals surface area (Å²) in [6.45, 7) is -0.149. The molecule has 0 fully saturated rings. The van der Waals surface area contributed by atoms with Crippen LogP contribution >= 0.6 is 0 Å². The van der Waals surface area contributed by atoms with E-state index in [1.165, 1.54) is 6.20 Å². The van der Waals surface area contributed by atoms with Crippen molar-refractivity contribution in [2.75, 3.05) is 0 Å². The molecule has 0 spiro atoms. The van der Waals surface area contributed by atoms with Crippen LogP contribution < -0.4 is 10.2 Å². The highest BCUT2D eigenvalue weighted by Crippen LogP contribution is 2.19. The normalized spacial score (nSPS) is 9.78. The zero-order valence-electron chi connectivity index (χ0n) is 9.50. The second-order valence-corrected chi connectivity index (χ2v) is 3.62. The number of pyridine rings is 1. The Morgan fingerprint density at radius 1 is 1.33 bits per heavy atom. The van der Waals surface area contributed by atoms with Crippen molar-refractivity contribution in [2.24, 2.45) is 0 Å². The molecule has 1 N–H and O–H groups in total. The van der Waals surface area contributed by atoms with Gasteiger partial charge in [0.1, 0.15) is 19.7 Å². The molecule has 0 bridgehead atoms. The zero-order chi connectivity index (χ0) is 13.0. The summed E-state index contributed by atoms with van der Waals surface area (Å²) in [6, 6.07) is 10.2. The number of hydrogen-bond acceptors (Lipinski definition) is 4. The molecule has 0 unspecified atom stereocenters. The minimum atomic E-state index is -0.149. The maximum absolute atomic E-state index is 9.09. The molecular weight excluding hydrogens is 227 g/mol. The second kappa shape index (κ2) is 5.34. The van der Waals surface area contributed by atoms with Gasteiger partial charge in [0.2, 0.25) is 5.88 Å². The number of aliphatic hydroxyl groups is 1. The first-order valence-corrected chi connectivity index (χ1v) is 5.26. The Hall–Kier alpha value is -2.32. The Bertz CT molecular complexity index is 591. The summed E-state index contributed by atoms with van der Waals surface area (Å²) >= 11 is 0. The summed E-state index contributed by atoms with van der Waals surface area (Å²) < 4.78 is 5.49. The van der Waals surface area contributed by atoms with Crippen LogP contribution in [0, 0.1) is 11.3 Å². The van der Waals surface area contributed by atoms with Crippen molar-refractivity contribution in [2.45, 2.75) is 6.61 Å². The molecule has 1 aromatic carbocycles. The topological polar surface area (TPSA) is 66.1 Å². The first-order valence-electron chi connectivity index (χ1n) is 5.26. The van der Waals surface area contributed by atoms with Crippen molar-refractivity contribution in [1.82, 2.24) is 4.98 Å². The molecule has 0 amide bonds. The predicted molar refractivity (Wildman–Crippen MR) is 66.8 cm³/mol. The van der Waals surface area contributed by atoms with E-state index in [4.69, 9.17) is 23.0 Å². The first-order chi connectivity index (χ1) is 8.72. The van der Waals surface area contributed by atoms with Gasteiger partial charge in [0.25, 0.3) is 0 Å². The van der Waals surface area contributed by atoms with Gasteiger partial charge in [-0.3, -0.25) is 0 Å². The fourth-order valence-electron chi connectivity index (χ4n) is 1.41. The lowest BCUT2D eigenvalue weighted by Gasteiger charge is -2.08. The van der Waals surface area contributed by atoms with Crippen LogP contribution in [0.15, 0.2) is 36.5 Å². The molecule has 0 saturated heterocycles. The van der Waals surface area contributed by atoms with E-state index in [1.54, 1.807) is 30.3 Å². The monoisotopic (exact) mass is 236 g/mol. The van der Waals surface area contributed by atoms with Crippen molar-refractivity contribution in [1.29, 1.82) is 5.26 Å². The fourth-order valence-corrected chi connectivity index (χ4v) is 1.41. The van der Waals surface area contributed by atoms with Crippen molar-refractivity contribution >= 4 is 13.3 Å². The van der Waals surface area contributed by atoms with E-state index < -0.39 is 0 Å². The van der Waals surface area contributed by atoms with Crippen LogP contribution in [-0.2, 0) is 6.61 Å². The molecule has 1 aromatic heterocycles. The molecular formula is C13H9BN2O2. The summed E-state index contributed by atoms with van der Waals surface area (Å²) in [4.78, 5) is 3.98. The van der Waals surface area contributed by atoms with E-state index in [2.05, 4.69) is 4.98 Å². The Morgan fingerprint density at radius 3 is 2.78 bits per heavy atom. The van der Waals surface area contributed by atoms with Crippen molar-refractivity contribution < 1.29 is 9.84 Å². The molecule has 1 heterocycles. The smallest absolute Gasteiger partial charge is 0.219 e. The van der Waals surface area contributed by atoms with Gasteiger partial charge in [-0.25, -0.2) is 4.98 Å². The van der Waals surface area contributed by atoms with Crippen molar-refractivity contribution in [3.05, 3.63) is 47.7 Å². The van der Waals surface area contributed by atoms with Crippen LogP contribution in [0.5, 0.6) is 11.6 Å². The van der Waals surface area contributed by atoms with E-state index in [0.717, 1.165) is 0 Å². The number of nitriles is 1. The average Bonchev–Trinajstić information content (AvgIpc) is 2.42. The van der Waals surface area contributed by atoms with E-state index in [9.17, 15) is 0 Å². The summed E-state index contributed by atoms with van der Waals surface area (Å²) in [6.07, 6.45) is 1.43. The third kappa shape index (κ3) is 2.68. The van der Waals surface area contributed by atoms with Gasteiger partial charge < -0.3 is 9.84 Å². The van der Waals surface area contributed by atoms with Crippen LogP contribution in [0.1, 0.15) is 11.1 Å². The lowest BCUT2D eigenvalue weighted by Crippen LogP contribution is -2.09. The van der Waals surface area contributed by atoms with Gasteiger partial charge >= 0.3 is 0 Å². The number of benzene rings is 1. The molecule has 4 nitrogen and oxygen atoms in total. The number of rotatable bonds is 3. The maximum Gasteiger partial charge on any atom is 0.219 e. The van der Waals surface area contributed by atoms with Crippen LogP contribution in [-0.4, -0.2) is 17.9 Å². The van der Waals surface area contributed by atoms with Gasteiger partial charge in [-0.05, 0) is 23.8 Å². The van der Waals surface area contributed by atoms with Gasteiger partial charge in [0, 0.05) is 12.3 Å². The maximum atomic E-state index is 9.09. The standard InChI is InChI=1S/C13H9BN2O2/c14-12-3-2-11(5-10(12)8-17)18-13-4-1-9(6-15)7-16-13/h1-5,7,17H,8H2. The Labute approximate surface area is 106 Å². The summed E-state index contributed by atoms with van der Waals surface area (Å²) in [7, 11) is 5.66. The van der Waals surface area contributed by atoms with E-state index in [1.807, 2.05) is 6.07 Å². The van der Waals surface area contributed by atoms with Crippen LogP contribution in [0.25, 0.3) is 0 Å². The van der Waals surface area contributed by atoms with E-state index >= 15 is 0 Å². The highest BCUT2D eigenvalue weighted by Gasteiger charge is 2.02. The van der Waals surface area contributed by atoms with E-state index in [0.29, 0.717) is 28.2 Å². The molecule has 0 aliphatic carbocycles. The summed E-state index contributed by atoms with van der Waals surface area (Å²) in [5.41, 5.74) is 1.58. The lowest BCUT2D eigenvalue weighted by atomic mass is 9.91. The average molecular weight is 236 g/mol. The first kappa shape index (κ1) is 12.2. The minimum absolute atomic E-state index is 0.149. The molecule has 86 valence electrons. The molecule has 5 heteroatoms. The van der Waals surface area contributed by atoms with Crippen LogP contribution in [0.2, 0.25) is 0 Å². The van der Waals surface area contributed by atoms with Gasteiger partial charge in [-0.2, -0.15) is 5.26 Å². The minimum Gasteiger partial charge on any atom is -0.439 e. The third-order valence-electron chi connectivity index (χ3n) is 2.37. The molecule has 0 atom stereocenters. The largest absolute Gasteiger partial charge is 0.439 e. The van der Waals surface area contributed by atoms with Gasteiger partial charge in [-0.15, -0.1) is 0 Å². The molecule has 0 aliphatic heterocycles. The van der Waals surface area contributed by atoms with Gasteiger partial charge in [0.05, 0.1) is 12.2 Å². The number of aliphatic hydroxyl groups excluding tert-OH is 1. The predicted octanol–water partition coefficient (Wildman–Crippen LogP) is 1.03. The Kier molecular flexibility index (Phi) is 3.61. The summed E-state index contributed by atoms with van der Waals surface area (Å²) in [5, 5.41) is 17.7. The molecule has 2 rings (SSSR count). The Balaban J connectivity index is 2.20. The Morgan fingerprint density at radius 2 is 2.17 bits per heavy atom. The molecule has 2 aromatic rings. The highest BCUT2D eigenvalue weighted by atomic mass is 16.5. The molecule has 0 aliphatic rings. The highest BCUT2D eigenvalue weighted by molar-refractivity contribution is 6.33. The fraction of sp³-hybridized carbons (Fsp3) is 0.0769. The van der Waals surface area contributed by atoms with E-state index in [-0.39, 0.29) is 6.61 Å². The van der Waals surface area contributed by atoms with Crippen LogP contribution in [0.4, 0.5) is 0 Å². The van der Waals surface area contributed by atoms with Crippen molar-refractivity contribution in [3.8, 4) is 17.7 Å². The van der Waals surface area contributed by atoms with Crippen molar-refractivity contribution in [3.63, 3.8) is 0 Å². The van der Waals surface area contributed by atoms with Gasteiger partial charge in [-0.1, -0.05) is 11.5 Å². The number of aromatic nitrogens is 1. The molecule has 18 heavy (non-hydrogen) atoms. The van der Waals surface area contributed by atoms with Crippen LogP contribution in [0.3, 0.4) is 0 Å². The quantitative estimate of drug-likeness (QED) is 0.808. The SMILES string of the molecule is [B]c1ccc(Oc2ccc(C#N)cn2)cc1CO. The third-order valence-corrected chi connectivity index (χ3v) is 2.37. The number of hydrogen-bond donors (Lipinski definition) is 1. The molecule has 2 radical (unpaired) electrons. The number of ether oxygens (including phenoxy) is 1. The molecule has 0 saturated carbocycles.